The Morgan fingerprint density at radius 2 is 2.16 bits per heavy atom. The third kappa shape index (κ3) is 3.39. The van der Waals surface area contributed by atoms with Gasteiger partial charge in [0, 0.05) is 10.6 Å². The lowest BCUT2D eigenvalue weighted by molar-refractivity contribution is 0.391. The summed E-state index contributed by atoms with van der Waals surface area (Å²) in [6, 6.07) is 11.2. The van der Waals surface area contributed by atoms with Gasteiger partial charge in [0.1, 0.15) is 0 Å². The van der Waals surface area contributed by atoms with Crippen molar-refractivity contribution in [2.24, 2.45) is 0 Å². The summed E-state index contributed by atoms with van der Waals surface area (Å²) in [6.07, 6.45) is 0. The van der Waals surface area contributed by atoms with E-state index in [0.29, 0.717) is 33.5 Å². The summed E-state index contributed by atoms with van der Waals surface area (Å²) in [5.74, 6) is 8.16. The molecule has 7 nitrogen and oxygen atoms in total. The van der Waals surface area contributed by atoms with E-state index in [2.05, 4.69) is 20.3 Å². The fraction of sp³-hybridized carbons (Fsp3) is 0.0667. The molecule has 10 heteroatoms. The monoisotopic (exact) mass is 390 g/mol. The Hall–Kier alpha value is -2.36. The van der Waals surface area contributed by atoms with Crippen molar-refractivity contribution in [2.45, 2.75) is 10.9 Å². The van der Waals surface area contributed by atoms with Gasteiger partial charge >= 0.3 is 0 Å². The average Bonchev–Trinajstić information content (AvgIpc) is 3.34. The van der Waals surface area contributed by atoms with Gasteiger partial charge in [0.25, 0.3) is 0 Å². The maximum absolute atomic E-state index is 6.09. The van der Waals surface area contributed by atoms with Crippen LogP contribution < -0.4 is 5.84 Å². The van der Waals surface area contributed by atoms with Gasteiger partial charge in [0.2, 0.25) is 16.9 Å². The van der Waals surface area contributed by atoms with E-state index < -0.39 is 0 Å². The maximum atomic E-state index is 6.09. The fourth-order valence-corrected chi connectivity index (χ4v) is 3.68. The van der Waals surface area contributed by atoms with E-state index in [0.717, 1.165) is 10.4 Å². The molecule has 3 aromatic heterocycles. The van der Waals surface area contributed by atoms with Crippen molar-refractivity contribution in [3.05, 3.63) is 52.7 Å². The van der Waals surface area contributed by atoms with Crippen LogP contribution in [0.5, 0.6) is 0 Å². The number of nitrogen functional groups attached to an aromatic ring is 1. The van der Waals surface area contributed by atoms with Gasteiger partial charge in [-0.3, -0.25) is 0 Å². The number of hydrogen-bond donors (Lipinski definition) is 1. The van der Waals surface area contributed by atoms with Crippen LogP contribution in [0.25, 0.3) is 22.1 Å². The SMILES string of the molecule is Nn1c(SCc2nc(-c3cccs3)no2)nnc1-c1cccc(Cl)c1. The van der Waals surface area contributed by atoms with Crippen molar-refractivity contribution in [2.75, 3.05) is 5.84 Å². The minimum absolute atomic E-state index is 0.448. The molecule has 0 amide bonds. The number of thioether (sulfide) groups is 1. The first-order chi connectivity index (χ1) is 12.2. The molecule has 0 aliphatic rings. The number of benzene rings is 1. The highest BCUT2D eigenvalue weighted by Gasteiger charge is 2.15. The first kappa shape index (κ1) is 16.1. The lowest BCUT2D eigenvalue weighted by Crippen LogP contribution is -2.11. The van der Waals surface area contributed by atoms with Crippen LogP contribution in [0.15, 0.2) is 51.5 Å². The van der Waals surface area contributed by atoms with E-state index in [1.807, 2.05) is 29.6 Å². The van der Waals surface area contributed by atoms with Crippen LogP contribution >= 0.6 is 34.7 Å². The number of hydrogen-bond acceptors (Lipinski definition) is 8. The van der Waals surface area contributed by atoms with Gasteiger partial charge in [0.05, 0.1) is 10.6 Å². The van der Waals surface area contributed by atoms with Crippen molar-refractivity contribution in [1.29, 1.82) is 0 Å². The second-order valence-electron chi connectivity index (χ2n) is 4.96. The Labute approximate surface area is 155 Å². The summed E-state index contributed by atoms with van der Waals surface area (Å²) < 4.78 is 6.69. The summed E-state index contributed by atoms with van der Waals surface area (Å²) in [5.41, 5.74) is 0.798. The lowest BCUT2D eigenvalue weighted by Gasteiger charge is -2.03. The van der Waals surface area contributed by atoms with Crippen molar-refractivity contribution in [1.82, 2.24) is 25.0 Å². The minimum atomic E-state index is 0.448. The zero-order valence-corrected chi connectivity index (χ0v) is 15.1. The van der Waals surface area contributed by atoms with Gasteiger partial charge in [-0.05, 0) is 23.6 Å². The molecule has 4 rings (SSSR count). The molecule has 0 saturated carbocycles. The Kier molecular flexibility index (Phi) is 4.43. The summed E-state index contributed by atoms with van der Waals surface area (Å²) in [5, 5.41) is 15.3. The standard InChI is InChI=1S/C15H11ClN6OS2/c16-10-4-1-3-9(7-10)14-19-20-15(22(14)17)25-8-12-18-13(21-23-12)11-5-2-6-24-11/h1-7H,8,17H2. The van der Waals surface area contributed by atoms with Crippen molar-refractivity contribution in [3.8, 4) is 22.1 Å². The molecule has 0 radical (unpaired) electrons. The maximum Gasteiger partial charge on any atom is 0.237 e. The van der Waals surface area contributed by atoms with Crippen LogP contribution in [0.2, 0.25) is 5.02 Å². The van der Waals surface area contributed by atoms with E-state index in [-0.39, 0.29) is 0 Å². The van der Waals surface area contributed by atoms with Gasteiger partial charge in [-0.15, -0.1) is 21.5 Å². The minimum Gasteiger partial charge on any atom is -0.338 e. The third-order valence-electron chi connectivity index (χ3n) is 3.28. The molecule has 0 bridgehead atoms. The topological polar surface area (TPSA) is 95.7 Å². The largest absolute Gasteiger partial charge is 0.338 e. The van der Waals surface area contributed by atoms with Gasteiger partial charge in [0.15, 0.2) is 5.82 Å². The molecule has 0 fully saturated rings. The molecule has 2 N–H and O–H groups in total. The Balaban J connectivity index is 1.49. The highest BCUT2D eigenvalue weighted by molar-refractivity contribution is 7.98. The van der Waals surface area contributed by atoms with Crippen molar-refractivity contribution in [3.63, 3.8) is 0 Å². The fourth-order valence-electron chi connectivity index (χ4n) is 2.15. The van der Waals surface area contributed by atoms with Crippen LogP contribution in [0.1, 0.15) is 5.89 Å². The molecule has 0 atom stereocenters. The second-order valence-corrected chi connectivity index (χ2v) is 7.29. The van der Waals surface area contributed by atoms with Crippen LogP contribution in [0, 0.1) is 0 Å². The van der Waals surface area contributed by atoms with Crippen LogP contribution in [0.3, 0.4) is 0 Å². The van der Waals surface area contributed by atoms with E-state index in [1.54, 1.807) is 23.5 Å². The number of aromatic nitrogens is 5. The zero-order valence-electron chi connectivity index (χ0n) is 12.7. The molecule has 3 heterocycles. The Morgan fingerprint density at radius 1 is 1.24 bits per heavy atom. The molecule has 0 saturated heterocycles. The average molecular weight is 391 g/mol. The number of thiophene rings is 1. The van der Waals surface area contributed by atoms with E-state index in [9.17, 15) is 0 Å². The normalized spacial score (nSPS) is 11.1. The van der Waals surface area contributed by atoms with Crippen molar-refractivity contribution >= 4 is 34.7 Å². The van der Waals surface area contributed by atoms with Gasteiger partial charge < -0.3 is 10.4 Å². The van der Waals surface area contributed by atoms with Gasteiger partial charge in [-0.25, -0.2) is 4.68 Å². The molecule has 0 unspecified atom stereocenters. The van der Waals surface area contributed by atoms with Crippen molar-refractivity contribution < 1.29 is 4.52 Å². The predicted octanol–water partition coefficient (Wildman–Crippen LogP) is 3.72. The van der Waals surface area contributed by atoms with E-state index in [4.69, 9.17) is 22.0 Å². The predicted molar refractivity (Wildman–Crippen MR) is 97.8 cm³/mol. The number of nitrogens with two attached hydrogens (primary N) is 1. The van der Waals surface area contributed by atoms with E-state index >= 15 is 0 Å². The van der Waals surface area contributed by atoms with Crippen LogP contribution in [-0.4, -0.2) is 25.0 Å². The molecule has 4 aromatic rings. The number of rotatable bonds is 5. The first-order valence-electron chi connectivity index (χ1n) is 7.16. The summed E-state index contributed by atoms with van der Waals surface area (Å²) in [4.78, 5) is 5.33. The number of nitrogens with zero attached hydrogens (tertiary/aromatic N) is 5. The van der Waals surface area contributed by atoms with Crippen LogP contribution in [-0.2, 0) is 5.75 Å². The summed E-state index contributed by atoms with van der Waals surface area (Å²) in [7, 11) is 0. The Bertz CT molecular complexity index is 997. The second kappa shape index (κ2) is 6.87. The molecule has 0 aliphatic heterocycles. The quantitative estimate of drug-likeness (QED) is 0.409. The first-order valence-corrected chi connectivity index (χ1v) is 9.41. The molecule has 0 aliphatic carbocycles. The smallest absolute Gasteiger partial charge is 0.237 e. The number of halogens is 1. The molecular formula is C15H11ClN6OS2. The van der Waals surface area contributed by atoms with Gasteiger partial charge in [-0.1, -0.05) is 46.7 Å². The highest BCUT2D eigenvalue weighted by atomic mass is 35.5. The lowest BCUT2D eigenvalue weighted by atomic mass is 10.2. The highest BCUT2D eigenvalue weighted by Crippen LogP contribution is 2.27. The molecule has 1 aromatic carbocycles. The third-order valence-corrected chi connectivity index (χ3v) is 5.31. The molecule has 25 heavy (non-hydrogen) atoms. The molecular weight excluding hydrogens is 380 g/mol. The molecule has 0 spiro atoms. The van der Waals surface area contributed by atoms with Crippen LogP contribution in [0.4, 0.5) is 0 Å². The molecule has 126 valence electrons. The van der Waals surface area contributed by atoms with E-state index in [1.165, 1.54) is 16.4 Å². The summed E-state index contributed by atoms with van der Waals surface area (Å²) >= 11 is 8.94. The zero-order chi connectivity index (χ0) is 17.2. The Morgan fingerprint density at radius 3 is 2.96 bits per heavy atom. The van der Waals surface area contributed by atoms with Gasteiger partial charge in [-0.2, -0.15) is 4.98 Å². The summed E-state index contributed by atoms with van der Waals surface area (Å²) in [6.45, 7) is 0.